The fourth-order valence-corrected chi connectivity index (χ4v) is 1.51. The molecular formula is C12H20N4O2. The van der Waals surface area contributed by atoms with Gasteiger partial charge in [0.1, 0.15) is 11.4 Å². The molecule has 0 bridgehead atoms. The van der Waals surface area contributed by atoms with Gasteiger partial charge in [0.25, 0.3) is 0 Å². The number of nitro groups is 1. The second-order valence-electron chi connectivity index (χ2n) is 4.71. The Bertz CT molecular complexity index is 421. The summed E-state index contributed by atoms with van der Waals surface area (Å²) in [5.41, 5.74) is 3.12. The molecule has 0 amide bonds. The second-order valence-corrected chi connectivity index (χ2v) is 4.71. The standard InChI is InChI=1S/C12H20N4O2/c1-8(2)9(3)7-14-10-5-4-6-11(15-13)12(10)16(17)18/h4-6,8-9,14-15H,7,13H2,1-3H3. The van der Waals surface area contributed by atoms with Crippen molar-refractivity contribution in [3.8, 4) is 0 Å². The van der Waals surface area contributed by atoms with Crippen LogP contribution in [0.2, 0.25) is 0 Å². The van der Waals surface area contributed by atoms with Crippen molar-refractivity contribution in [3.05, 3.63) is 28.3 Å². The number of nitrogens with zero attached hydrogens (tertiary/aromatic N) is 1. The Kier molecular flexibility index (Phi) is 4.91. The molecule has 1 rings (SSSR count). The Morgan fingerprint density at radius 1 is 1.33 bits per heavy atom. The van der Waals surface area contributed by atoms with Crippen LogP contribution in [0, 0.1) is 22.0 Å². The van der Waals surface area contributed by atoms with Gasteiger partial charge in [-0.2, -0.15) is 0 Å². The molecule has 0 fully saturated rings. The highest BCUT2D eigenvalue weighted by atomic mass is 16.6. The van der Waals surface area contributed by atoms with Crippen LogP contribution in [0.3, 0.4) is 0 Å². The molecule has 1 aromatic carbocycles. The van der Waals surface area contributed by atoms with Crippen LogP contribution in [0.25, 0.3) is 0 Å². The van der Waals surface area contributed by atoms with E-state index in [1.807, 2.05) is 0 Å². The lowest BCUT2D eigenvalue weighted by Gasteiger charge is -2.17. The Morgan fingerprint density at radius 3 is 2.44 bits per heavy atom. The molecule has 0 heterocycles. The molecule has 0 aliphatic carbocycles. The molecule has 1 unspecified atom stereocenters. The number of anilines is 2. The molecule has 0 saturated heterocycles. The number of rotatable bonds is 6. The van der Waals surface area contributed by atoms with Crippen LogP contribution in [0.4, 0.5) is 17.1 Å². The minimum Gasteiger partial charge on any atom is -0.379 e. The summed E-state index contributed by atoms with van der Waals surface area (Å²) in [5, 5.41) is 14.2. The predicted octanol–water partition coefficient (Wildman–Crippen LogP) is 2.58. The monoisotopic (exact) mass is 252 g/mol. The molecule has 6 nitrogen and oxygen atoms in total. The van der Waals surface area contributed by atoms with Gasteiger partial charge in [-0.25, -0.2) is 0 Å². The third-order valence-electron chi connectivity index (χ3n) is 3.13. The summed E-state index contributed by atoms with van der Waals surface area (Å²) in [6, 6.07) is 4.99. The maximum absolute atomic E-state index is 11.1. The lowest BCUT2D eigenvalue weighted by atomic mass is 9.98. The van der Waals surface area contributed by atoms with E-state index in [0.29, 0.717) is 29.8 Å². The molecule has 1 aromatic rings. The van der Waals surface area contributed by atoms with E-state index in [9.17, 15) is 10.1 Å². The number of benzene rings is 1. The Hall–Kier alpha value is -1.82. The smallest absolute Gasteiger partial charge is 0.316 e. The van der Waals surface area contributed by atoms with Gasteiger partial charge in [0.2, 0.25) is 0 Å². The van der Waals surface area contributed by atoms with Crippen molar-refractivity contribution < 1.29 is 4.92 Å². The molecule has 18 heavy (non-hydrogen) atoms. The second kappa shape index (κ2) is 6.20. The minimum absolute atomic E-state index is 0.0176. The largest absolute Gasteiger partial charge is 0.379 e. The number of nitrogens with two attached hydrogens (primary N) is 1. The van der Waals surface area contributed by atoms with E-state index in [1.54, 1.807) is 18.2 Å². The van der Waals surface area contributed by atoms with E-state index in [2.05, 4.69) is 31.5 Å². The minimum atomic E-state index is -0.433. The molecule has 6 heteroatoms. The van der Waals surface area contributed by atoms with Gasteiger partial charge in [-0.1, -0.05) is 26.8 Å². The summed E-state index contributed by atoms with van der Waals surface area (Å²) in [7, 11) is 0. The van der Waals surface area contributed by atoms with Gasteiger partial charge in [-0.05, 0) is 24.0 Å². The summed E-state index contributed by atoms with van der Waals surface area (Å²) in [6.45, 7) is 7.04. The zero-order valence-corrected chi connectivity index (χ0v) is 10.9. The average molecular weight is 252 g/mol. The third kappa shape index (κ3) is 3.33. The van der Waals surface area contributed by atoms with Crippen molar-refractivity contribution >= 4 is 17.1 Å². The molecule has 0 aliphatic heterocycles. The highest BCUT2D eigenvalue weighted by Crippen LogP contribution is 2.32. The van der Waals surface area contributed by atoms with Crippen molar-refractivity contribution in [2.45, 2.75) is 20.8 Å². The summed E-state index contributed by atoms with van der Waals surface area (Å²) in [5.74, 6) is 6.23. The van der Waals surface area contributed by atoms with E-state index in [-0.39, 0.29) is 5.69 Å². The first kappa shape index (κ1) is 14.2. The van der Waals surface area contributed by atoms with Gasteiger partial charge >= 0.3 is 5.69 Å². The first-order valence-corrected chi connectivity index (χ1v) is 5.95. The summed E-state index contributed by atoms with van der Waals surface area (Å²) >= 11 is 0. The lowest BCUT2D eigenvalue weighted by Crippen LogP contribution is -2.17. The van der Waals surface area contributed by atoms with E-state index < -0.39 is 4.92 Å². The fraction of sp³-hybridized carbons (Fsp3) is 0.500. The van der Waals surface area contributed by atoms with Crippen molar-refractivity contribution in [1.29, 1.82) is 0 Å². The molecule has 4 N–H and O–H groups in total. The van der Waals surface area contributed by atoms with Crippen molar-refractivity contribution in [3.63, 3.8) is 0 Å². The first-order chi connectivity index (χ1) is 8.47. The third-order valence-corrected chi connectivity index (χ3v) is 3.13. The Labute approximate surface area is 107 Å². The van der Waals surface area contributed by atoms with Crippen molar-refractivity contribution in [2.75, 3.05) is 17.3 Å². The quantitative estimate of drug-likeness (QED) is 0.411. The lowest BCUT2D eigenvalue weighted by molar-refractivity contribution is -0.383. The van der Waals surface area contributed by atoms with Crippen molar-refractivity contribution in [1.82, 2.24) is 0 Å². The van der Waals surface area contributed by atoms with Crippen LogP contribution in [-0.2, 0) is 0 Å². The van der Waals surface area contributed by atoms with E-state index in [1.165, 1.54) is 0 Å². The van der Waals surface area contributed by atoms with Crippen molar-refractivity contribution in [2.24, 2.45) is 17.7 Å². The maximum atomic E-state index is 11.1. The Morgan fingerprint density at radius 2 is 1.94 bits per heavy atom. The normalized spacial score (nSPS) is 12.3. The van der Waals surface area contributed by atoms with Crippen LogP contribution < -0.4 is 16.6 Å². The maximum Gasteiger partial charge on any atom is 0.316 e. The molecule has 0 saturated carbocycles. The number of hydrogen-bond donors (Lipinski definition) is 3. The van der Waals surface area contributed by atoms with Gasteiger partial charge < -0.3 is 10.7 Å². The number of para-hydroxylation sites is 1. The van der Waals surface area contributed by atoms with Crippen LogP contribution in [0.1, 0.15) is 20.8 Å². The Balaban J connectivity index is 2.91. The van der Waals surface area contributed by atoms with E-state index in [4.69, 9.17) is 5.84 Å². The zero-order chi connectivity index (χ0) is 13.7. The van der Waals surface area contributed by atoms with Gasteiger partial charge in [0.15, 0.2) is 0 Å². The predicted molar refractivity (Wildman–Crippen MR) is 73.4 cm³/mol. The average Bonchev–Trinajstić information content (AvgIpc) is 2.34. The number of nitrogen functional groups attached to an aromatic ring is 1. The van der Waals surface area contributed by atoms with Gasteiger partial charge in [0, 0.05) is 6.54 Å². The number of hydrogen-bond acceptors (Lipinski definition) is 5. The number of nitro benzene ring substituents is 1. The number of hydrazine groups is 1. The molecular weight excluding hydrogens is 232 g/mol. The van der Waals surface area contributed by atoms with Crippen LogP contribution >= 0.6 is 0 Å². The van der Waals surface area contributed by atoms with Crippen LogP contribution in [-0.4, -0.2) is 11.5 Å². The van der Waals surface area contributed by atoms with E-state index in [0.717, 1.165) is 0 Å². The zero-order valence-electron chi connectivity index (χ0n) is 10.9. The fourth-order valence-electron chi connectivity index (χ4n) is 1.51. The number of nitrogens with one attached hydrogen (secondary N) is 2. The van der Waals surface area contributed by atoms with Gasteiger partial charge in [-0.3, -0.25) is 16.0 Å². The van der Waals surface area contributed by atoms with E-state index >= 15 is 0 Å². The summed E-state index contributed by atoms with van der Waals surface area (Å²) in [4.78, 5) is 10.6. The molecule has 0 aromatic heterocycles. The molecule has 100 valence electrons. The topological polar surface area (TPSA) is 93.2 Å². The first-order valence-electron chi connectivity index (χ1n) is 5.95. The summed E-state index contributed by atoms with van der Waals surface area (Å²) in [6.07, 6.45) is 0. The molecule has 1 atom stereocenters. The van der Waals surface area contributed by atoms with Crippen LogP contribution in [0.5, 0.6) is 0 Å². The van der Waals surface area contributed by atoms with Gasteiger partial charge in [0.05, 0.1) is 4.92 Å². The highest BCUT2D eigenvalue weighted by molar-refractivity contribution is 5.75. The molecule has 0 aliphatic rings. The SMILES string of the molecule is CC(C)C(C)CNc1cccc(NN)c1[N+](=O)[O-]. The summed E-state index contributed by atoms with van der Waals surface area (Å²) < 4.78 is 0. The molecule has 0 radical (unpaired) electrons. The van der Waals surface area contributed by atoms with Crippen LogP contribution in [0.15, 0.2) is 18.2 Å². The van der Waals surface area contributed by atoms with Gasteiger partial charge in [-0.15, -0.1) is 0 Å². The highest BCUT2D eigenvalue weighted by Gasteiger charge is 2.19. The molecule has 0 spiro atoms.